The fourth-order valence-electron chi connectivity index (χ4n) is 7.73. The molecule has 0 aliphatic carbocycles. The van der Waals surface area contributed by atoms with E-state index in [0.717, 1.165) is 39.0 Å². The van der Waals surface area contributed by atoms with Gasteiger partial charge in [-0.15, -0.1) is 0 Å². The third-order valence-electron chi connectivity index (χ3n) is 10.5. The maximum atomic E-state index is 6.34. The van der Waals surface area contributed by atoms with Crippen molar-refractivity contribution in [2.45, 2.75) is 0 Å². The van der Waals surface area contributed by atoms with Crippen LogP contribution in [0.4, 0.5) is 17.1 Å². The highest BCUT2D eigenvalue weighted by Crippen LogP contribution is 2.44. The number of furan rings is 1. The highest BCUT2D eigenvalue weighted by atomic mass is 16.3. The molecule has 0 aliphatic heterocycles. The summed E-state index contributed by atoms with van der Waals surface area (Å²) in [5, 5.41) is 4.72. The number of hydrogen-bond donors (Lipinski definition) is 0. The number of rotatable bonds is 7. The molecule has 2 heteroatoms. The molecule has 2 nitrogen and oxygen atoms in total. The largest absolute Gasteiger partial charge is 0.456 e. The van der Waals surface area contributed by atoms with E-state index in [0.29, 0.717) is 0 Å². The van der Waals surface area contributed by atoms with Crippen molar-refractivity contribution < 1.29 is 4.42 Å². The van der Waals surface area contributed by atoms with Crippen molar-refractivity contribution in [2.75, 3.05) is 4.90 Å². The average molecular weight is 690 g/mol. The van der Waals surface area contributed by atoms with Crippen LogP contribution in [0.1, 0.15) is 0 Å². The lowest BCUT2D eigenvalue weighted by atomic mass is 9.96. The molecule has 0 fully saturated rings. The standard InChI is InChI=1S/C52H35NO/c1-2-11-36(12-3-1)44-17-9-18-47(35-44)53(49-20-10-22-51-52(49)48-19-6-7-21-50(48)54-51)46-31-29-39(30-32-46)38-23-25-40(26-24-38)42-15-8-16-43(33-42)45-28-27-37-13-4-5-14-41(37)34-45/h1-35H. The molecule has 1 heterocycles. The molecule has 0 saturated carbocycles. The summed E-state index contributed by atoms with van der Waals surface area (Å²) >= 11 is 0. The first-order valence-corrected chi connectivity index (χ1v) is 18.4. The number of para-hydroxylation sites is 1. The summed E-state index contributed by atoms with van der Waals surface area (Å²) in [6.07, 6.45) is 0. The molecule has 9 aromatic carbocycles. The van der Waals surface area contributed by atoms with Crippen LogP contribution in [0.15, 0.2) is 217 Å². The minimum Gasteiger partial charge on any atom is -0.456 e. The SMILES string of the molecule is c1ccc(-c2cccc(N(c3ccc(-c4ccc(-c5cccc(-c6ccc7ccccc7c6)c5)cc4)cc3)c3cccc4oc5ccccc5c34)c2)cc1. The molecule has 0 atom stereocenters. The minimum absolute atomic E-state index is 0.873. The smallest absolute Gasteiger partial charge is 0.137 e. The number of hydrogen-bond acceptors (Lipinski definition) is 2. The van der Waals surface area contributed by atoms with Gasteiger partial charge in [-0.1, -0.05) is 158 Å². The zero-order chi connectivity index (χ0) is 35.8. The third kappa shape index (κ3) is 5.81. The number of anilines is 3. The van der Waals surface area contributed by atoms with Crippen molar-refractivity contribution in [2.24, 2.45) is 0 Å². The van der Waals surface area contributed by atoms with Crippen molar-refractivity contribution in [1.82, 2.24) is 0 Å². The van der Waals surface area contributed by atoms with Gasteiger partial charge in [-0.25, -0.2) is 0 Å². The lowest BCUT2D eigenvalue weighted by Gasteiger charge is -2.27. The Kier molecular flexibility index (Phi) is 7.85. The highest BCUT2D eigenvalue weighted by Gasteiger charge is 2.20. The molecular formula is C52H35NO. The molecule has 0 saturated heterocycles. The third-order valence-corrected chi connectivity index (χ3v) is 10.5. The zero-order valence-electron chi connectivity index (χ0n) is 29.6. The van der Waals surface area contributed by atoms with Crippen LogP contribution in [0.5, 0.6) is 0 Å². The van der Waals surface area contributed by atoms with Crippen LogP contribution >= 0.6 is 0 Å². The van der Waals surface area contributed by atoms with E-state index in [1.54, 1.807) is 0 Å². The van der Waals surface area contributed by atoms with Gasteiger partial charge < -0.3 is 9.32 Å². The Hall–Kier alpha value is -7.16. The first-order valence-electron chi connectivity index (χ1n) is 18.4. The van der Waals surface area contributed by atoms with Gasteiger partial charge in [0.05, 0.1) is 11.1 Å². The van der Waals surface area contributed by atoms with Gasteiger partial charge >= 0.3 is 0 Å². The molecule has 0 aliphatic rings. The normalized spacial score (nSPS) is 11.3. The van der Waals surface area contributed by atoms with E-state index in [9.17, 15) is 0 Å². The summed E-state index contributed by atoms with van der Waals surface area (Å²) in [5.41, 5.74) is 14.5. The molecule has 0 radical (unpaired) electrons. The van der Waals surface area contributed by atoms with E-state index in [4.69, 9.17) is 4.42 Å². The van der Waals surface area contributed by atoms with Crippen molar-refractivity contribution in [1.29, 1.82) is 0 Å². The van der Waals surface area contributed by atoms with Crippen molar-refractivity contribution in [3.63, 3.8) is 0 Å². The van der Waals surface area contributed by atoms with Gasteiger partial charge in [0, 0.05) is 16.8 Å². The molecule has 0 unspecified atom stereocenters. The summed E-state index contributed by atoms with van der Waals surface area (Å²) < 4.78 is 6.34. The maximum absolute atomic E-state index is 6.34. The molecule has 54 heavy (non-hydrogen) atoms. The van der Waals surface area contributed by atoms with Crippen molar-refractivity contribution >= 4 is 49.8 Å². The molecule has 10 aromatic rings. The second-order valence-electron chi connectivity index (χ2n) is 13.8. The van der Waals surface area contributed by atoms with Crippen LogP contribution in [0.2, 0.25) is 0 Å². The topological polar surface area (TPSA) is 16.4 Å². The molecule has 10 rings (SSSR count). The van der Waals surface area contributed by atoms with Crippen molar-refractivity contribution in [3.8, 4) is 44.5 Å². The van der Waals surface area contributed by atoms with Gasteiger partial charge in [-0.2, -0.15) is 0 Å². The van der Waals surface area contributed by atoms with Gasteiger partial charge in [-0.3, -0.25) is 0 Å². The van der Waals surface area contributed by atoms with Crippen LogP contribution in [0, 0.1) is 0 Å². The highest BCUT2D eigenvalue weighted by molar-refractivity contribution is 6.13. The maximum Gasteiger partial charge on any atom is 0.137 e. The summed E-state index contributed by atoms with van der Waals surface area (Å²) in [4.78, 5) is 2.35. The van der Waals surface area contributed by atoms with E-state index >= 15 is 0 Å². The Labute approximate surface area is 314 Å². The molecular weight excluding hydrogens is 655 g/mol. The molecule has 254 valence electrons. The fourth-order valence-corrected chi connectivity index (χ4v) is 7.73. The van der Waals surface area contributed by atoms with E-state index in [2.05, 4.69) is 205 Å². The first kappa shape index (κ1) is 31.6. The van der Waals surface area contributed by atoms with E-state index < -0.39 is 0 Å². The van der Waals surface area contributed by atoms with Crippen LogP contribution in [0.3, 0.4) is 0 Å². The molecule has 0 bridgehead atoms. The van der Waals surface area contributed by atoms with Crippen LogP contribution in [0.25, 0.3) is 77.2 Å². The number of nitrogens with zero attached hydrogens (tertiary/aromatic N) is 1. The quantitative estimate of drug-likeness (QED) is 0.166. The Balaban J connectivity index is 1.00. The van der Waals surface area contributed by atoms with E-state index in [1.165, 1.54) is 55.3 Å². The Morgan fingerprint density at radius 1 is 0.296 bits per heavy atom. The zero-order valence-corrected chi connectivity index (χ0v) is 29.6. The molecule has 0 amide bonds. The second-order valence-corrected chi connectivity index (χ2v) is 13.8. The van der Waals surface area contributed by atoms with Crippen molar-refractivity contribution in [3.05, 3.63) is 212 Å². The van der Waals surface area contributed by atoms with Crippen LogP contribution in [-0.2, 0) is 0 Å². The van der Waals surface area contributed by atoms with Gasteiger partial charge in [0.25, 0.3) is 0 Å². The van der Waals surface area contributed by atoms with E-state index in [-0.39, 0.29) is 0 Å². The van der Waals surface area contributed by atoms with Gasteiger partial charge in [0.15, 0.2) is 0 Å². The first-order chi connectivity index (χ1) is 26.7. The van der Waals surface area contributed by atoms with E-state index in [1.807, 2.05) is 12.1 Å². The summed E-state index contributed by atoms with van der Waals surface area (Å²) in [7, 11) is 0. The average Bonchev–Trinajstić information content (AvgIpc) is 3.64. The predicted molar refractivity (Wildman–Crippen MR) is 228 cm³/mol. The van der Waals surface area contributed by atoms with Gasteiger partial charge in [0.1, 0.15) is 11.2 Å². The Bertz CT molecular complexity index is 2920. The monoisotopic (exact) mass is 689 g/mol. The number of fused-ring (bicyclic) bond motifs is 4. The van der Waals surface area contributed by atoms with Gasteiger partial charge in [0.2, 0.25) is 0 Å². The minimum atomic E-state index is 0.873. The lowest BCUT2D eigenvalue weighted by Crippen LogP contribution is -2.10. The number of benzene rings is 9. The van der Waals surface area contributed by atoms with Crippen LogP contribution in [-0.4, -0.2) is 0 Å². The Morgan fingerprint density at radius 3 is 1.61 bits per heavy atom. The summed E-state index contributed by atoms with van der Waals surface area (Å²) in [6, 6.07) is 75.9. The summed E-state index contributed by atoms with van der Waals surface area (Å²) in [5.74, 6) is 0. The fraction of sp³-hybridized carbons (Fsp3) is 0. The van der Waals surface area contributed by atoms with Gasteiger partial charge in [-0.05, 0) is 110 Å². The summed E-state index contributed by atoms with van der Waals surface area (Å²) in [6.45, 7) is 0. The predicted octanol–water partition coefficient (Wildman–Crippen LogP) is 14.9. The Morgan fingerprint density at radius 2 is 0.815 bits per heavy atom. The van der Waals surface area contributed by atoms with Crippen LogP contribution < -0.4 is 4.90 Å². The molecule has 0 N–H and O–H groups in total. The molecule has 0 spiro atoms. The molecule has 1 aromatic heterocycles. The lowest BCUT2D eigenvalue weighted by molar-refractivity contribution is 0.669. The second kappa shape index (κ2) is 13.4.